The van der Waals surface area contributed by atoms with Crippen molar-refractivity contribution in [1.29, 1.82) is 0 Å². The molecule has 3 rings (SSSR count). The van der Waals surface area contributed by atoms with Gasteiger partial charge in [0.05, 0.1) is 55.4 Å². The summed E-state index contributed by atoms with van der Waals surface area (Å²) >= 11 is 0. The number of hydrogen-bond acceptors (Lipinski definition) is 15. The van der Waals surface area contributed by atoms with Gasteiger partial charge in [0.2, 0.25) is 10.0 Å². The largest absolute Gasteiger partial charge is 0.391 e. The summed E-state index contributed by atoms with van der Waals surface area (Å²) in [5.41, 5.74) is 26.8. The Morgan fingerprint density at radius 3 is 2.12 bits per heavy atom. The number of ether oxygens (including phenoxy) is 4. The van der Waals surface area contributed by atoms with Gasteiger partial charge in [-0.25, -0.2) is 13.1 Å². The lowest BCUT2D eigenvalue weighted by Crippen LogP contribution is -2.66. The monoisotopic (exact) mass is 624 g/mol. The lowest BCUT2D eigenvalue weighted by molar-refractivity contribution is -0.315. The van der Waals surface area contributed by atoms with E-state index in [0.29, 0.717) is 0 Å². The van der Waals surface area contributed by atoms with E-state index in [2.05, 4.69) is 34.8 Å². The van der Waals surface area contributed by atoms with Gasteiger partial charge in [-0.15, -0.1) is 0 Å². The summed E-state index contributed by atoms with van der Waals surface area (Å²) in [5.74, 6) is 0. The van der Waals surface area contributed by atoms with Gasteiger partial charge in [-0.1, -0.05) is 15.3 Å². The molecule has 0 radical (unpaired) electrons. The van der Waals surface area contributed by atoms with Gasteiger partial charge < -0.3 is 49.6 Å². The molecule has 0 aromatic carbocycles. The molecule has 0 spiro atoms. The van der Waals surface area contributed by atoms with E-state index in [1.54, 1.807) is 0 Å². The highest BCUT2D eigenvalue weighted by Crippen LogP contribution is 2.35. The zero-order valence-electron chi connectivity index (χ0n) is 22.1. The van der Waals surface area contributed by atoms with Crippen molar-refractivity contribution in [3.05, 3.63) is 31.3 Å². The zero-order chi connectivity index (χ0) is 31.4. The van der Waals surface area contributed by atoms with Gasteiger partial charge in [-0.3, -0.25) is 0 Å². The van der Waals surface area contributed by atoms with E-state index in [-0.39, 0.29) is 6.42 Å². The first kappa shape index (κ1) is 33.9. The minimum atomic E-state index is -3.95. The van der Waals surface area contributed by atoms with E-state index < -0.39 is 108 Å². The van der Waals surface area contributed by atoms with Gasteiger partial charge >= 0.3 is 0 Å². The van der Waals surface area contributed by atoms with Crippen LogP contribution in [-0.4, -0.2) is 144 Å². The molecule has 2 saturated heterocycles. The van der Waals surface area contributed by atoms with Crippen molar-refractivity contribution in [3.8, 4) is 0 Å². The summed E-state index contributed by atoms with van der Waals surface area (Å²) in [6, 6.07) is -4.34. The number of aliphatic hydroxyl groups is 6. The lowest BCUT2D eigenvalue weighted by Gasteiger charge is -2.48. The molecule has 22 nitrogen and oxygen atoms in total. The molecule has 3 fully saturated rings. The van der Waals surface area contributed by atoms with E-state index >= 15 is 0 Å². The SMILES string of the molecule is C[C@@H](O)C1O[C@H](O[C@@H]2C(N=[N+]=[N-])C[C@@H](NS(C)(=O)=O)C(O)C2O[C@@H]2O[C@H](CN=[N+]=[N-])C(O)C2O)C(N=[N+]=[N-])C(O)[C@@H]1O. The topological polar surface area (TPSA) is 351 Å². The van der Waals surface area contributed by atoms with Crippen molar-refractivity contribution in [3.63, 3.8) is 0 Å². The Balaban J connectivity index is 2.02. The van der Waals surface area contributed by atoms with Crippen molar-refractivity contribution in [2.24, 2.45) is 15.3 Å². The van der Waals surface area contributed by atoms with Crippen molar-refractivity contribution in [1.82, 2.24) is 4.72 Å². The first-order valence-corrected chi connectivity index (χ1v) is 14.4. The third-order valence-corrected chi connectivity index (χ3v) is 7.74. The van der Waals surface area contributed by atoms with Gasteiger partial charge in [0.1, 0.15) is 36.6 Å². The van der Waals surface area contributed by atoms with Crippen LogP contribution in [0.4, 0.5) is 0 Å². The number of hydrogen-bond donors (Lipinski definition) is 7. The molecule has 1 aliphatic carbocycles. The van der Waals surface area contributed by atoms with Crippen LogP contribution in [0.15, 0.2) is 15.3 Å². The molecule has 0 amide bonds. The summed E-state index contributed by atoms with van der Waals surface area (Å²) in [6.45, 7) is 0.828. The molecule has 7 N–H and O–H groups in total. The summed E-state index contributed by atoms with van der Waals surface area (Å²) in [6.07, 6.45) is -19.2. The molecular formula is C19H32N10O12S. The fourth-order valence-corrected chi connectivity index (χ4v) is 5.83. The van der Waals surface area contributed by atoms with E-state index in [4.69, 9.17) is 30.0 Å². The second kappa shape index (κ2) is 14.3. The van der Waals surface area contributed by atoms with Crippen LogP contribution in [0.5, 0.6) is 0 Å². The molecule has 3 aliphatic rings. The summed E-state index contributed by atoms with van der Waals surface area (Å²) in [4.78, 5) is 7.90. The molecule has 42 heavy (non-hydrogen) atoms. The summed E-state index contributed by atoms with van der Waals surface area (Å²) < 4.78 is 48.9. The van der Waals surface area contributed by atoms with Crippen LogP contribution < -0.4 is 4.72 Å². The maximum atomic E-state index is 12.0. The molecule has 23 heteroatoms. The van der Waals surface area contributed by atoms with E-state index in [1.807, 2.05) is 0 Å². The quantitative estimate of drug-likeness (QED) is 0.0705. The van der Waals surface area contributed by atoms with Gasteiger partial charge in [0.25, 0.3) is 0 Å². The molecule has 1 saturated carbocycles. The second-order valence-electron chi connectivity index (χ2n) is 10.0. The van der Waals surface area contributed by atoms with Gasteiger partial charge in [0.15, 0.2) is 12.6 Å². The molecule has 15 atom stereocenters. The Kier molecular flexibility index (Phi) is 11.5. The van der Waals surface area contributed by atoms with Crippen LogP contribution in [0, 0.1) is 0 Å². The van der Waals surface area contributed by atoms with Gasteiger partial charge in [0, 0.05) is 14.7 Å². The number of azide groups is 3. The van der Waals surface area contributed by atoms with Crippen LogP contribution >= 0.6 is 0 Å². The minimum absolute atomic E-state index is 0.372. The van der Waals surface area contributed by atoms with Crippen LogP contribution in [0.3, 0.4) is 0 Å². The molecule has 2 aliphatic heterocycles. The Morgan fingerprint density at radius 2 is 1.55 bits per heavy atom. The number of nitrogens with zero attached hydrogens (tertiary/aromatic N) is 9. The van der Waals surface area contributed by atoms with Crippen molar-refractivity contribution >= 4 is 10.0 Å². The van der Waals surface area contributed by atoms with Crippen LogP contribution in [0.25, 0.3) is 31.3 Å². The third kappa shape index (κ3) is 7.68. The Morgan fingerprint density at radius 1 is 0.905 bits per heavy atom. The van der Waals surface area contributed by atoms with E-state index in [9.17, 15) is 44.6 Å². The van der Waals surface area contributed by atoms with E-state index in [1.165, 1.54) is 6.92 Å². The lowest BCUT2D eigenvalue weighted by atomic mass is 9.84. The zero-order valence-corrected chi connectivity index (χ0v) is 23.0. The first-order valence-electron chi connectivity index (χ1n) is 12.5. The highest BCUT2D eigenvalue weighted by Gasteiger charge is 2.54. The molecule has 0 bridgehead atoms. The molecule has 2 heterocycles. The molecular weight excluding hydrogens is 592 g/mol. The smallest absolute Gasteiger partial charge is 0.209 e. The number of nitrogens with one attached hydrogen (secondary N) is 1. The second-order valence-corrected chi connectivity index (χ2v) is 11.8. The van der Waals surface area contributed by atoms with Crippen LogP contribution in [0.2, 0.25) is 0 Å². The predicted octanol–water partition coefficient (Wildman–Crippen LogP) is -2.62. The fraction of sp³-hybridized carbons (Fsp3) is 1.00. The number of sulfonamides is 1. The molecule has 0 aromatic heterocycles. The fourth-order valence-electron chi connectivity index (χ4n) is 5.05. The van der Waals surface area contributed by atoms with Crippen molar-refractivity contribution < 1.29 is 58.0 Å². The normalized spacial score (nSPS) is 43.0. The van der Waals surface area contributed by atoms with Crippen molar-refractivity contribution in [2.75, 3.05) is 12.8 Å². The van der Waals surface area contributed by atoms with Crippen molar-refractivity contribution in [2.45, 2.75) is 105 Å². The highest BCUT2D eigenvalue weighted by molar-refractivity contribution is 7.88. The first-order chi connectivity index (χ1) is 19.7. The third-order valence-electron chi connectivity index (χ3n) is 7.01. The van der Waals surface area contributed by atoms with Gasteiger partial charge in [-0.2, -0.15) is 0 Å². The Labute approximate surface area is 237 Å². The van der Waals surface area contributed by atoms with Crippen LogP contribution in [-0.2, 0) is 29.0 Å². The van der Waals surface area contributed by atoms with Crippen LogP contribution in [0.1, 0.15) is 13.3 Å². The highest BCUT2D eigenvalue weighted by atomic mass is 32.2. The number of aliphatic hydroxyl groups excluding tert-OH is 6. The van der Waals surface area contributed by atoms with E-state index in [0.717, 1.165) is 6.26 Å². The average molecular weight is 625 g/mol. The predicted molar refractivity (Wildman–Crippen MR) is 135 cm³/mol. The number of rotatable bonds is 11. The maximum Gasteiger partial charge on any atom is 0.209 e. The summed E-state index contributed by atoms with van der Waals surface area (Å²) in [7, 11) is -3.95. The minimum Gasteiger partial charge on any atom is -0.391 e. The molecule has 236 valence electrons. The standard InChI is InChI=1S/C19H32N10O12S/c1-5(30)15-13(34)12(33)9(25-29-22)18(39-15)40-16-7(24-28-21)3-6(26-42(2,36)37)10(31)17(16)41-19-14(35)11(32)8(38-19)4-23-27-20/h5-19,26,30-35H,3-4H2,1-2H3/t5-,6-,7?,8-,9?,10?,11?,12?,13+,14?,15?,16-,17?,18-,19+/m1/s1. The Hall–Kier alpha value is -2.56. The van der Waals surface area contributed by atoms with Gasteiger partial charge in [-0.05, 0) is 29.9 Å². The molecule has 0 aromatic rings. The average Bonchev–Trinajstić information content (AvgIpc) is 3.18. The Bertz CT molecular complexity index is 1200. The maximum absolute atomic E-state index is 12.0. The summed E-state index contributed by atoms with van der Waals surface area (Å²) in [5, 5.41) is 73.4. The molecule has 8 unspecified atom stereocenters.